The number of carbonyl (C=O) groups is 1. The number of benzene rings is 1. The van der Waals surface area contributed by atoms with Crippen LogP contribution < -0.4 is 0 Å². The Morgan fingerprint density at radius 2 is 2.12 bits per heavy atom. The fourth-order valence-corrected chi connectivity index (χ4v) is 1.86. The third-order valence-corrected chi connectivity index (χ3v) is 2.84. The van der Waals surface area contributed by atoms with E-state index in [1.54, 1.807) is 6.07 Å². The van der Waals surface area contributed by atoms with Crippen LogP contribution in [0.3, 0.4) is 0 Å². The number of aryl methyl sites for hydroxylation is 2. The largest absolute Gasteiger partial charge is 0.462 e. The van der Waals surface area contributed by atoms with E-state index in [1.807, 2.05) is 32.9 Å². The molecule has 0 aliphatic carbocycles. The number of nitrogens with one attached hydrogen (secondary N) is 1. The quantitative estimate of drug-likeness (QED) is 0.786. The molecule has 0 bridgehead atoms. The van der Waals surface area contributed by atoms with Gasteiger partial charge >= 0.3 is 5.97 Å². The number of para-hydroxylation sites is 1. The third-order valence-electron chi connectivity index (χ3n) is 2.84. The molecule has 84 valence electrons. The van der Waals surface area contributed by atoms with E-state index < -0.39 is 0 Å². The number of aromatic amines is 1. The molecule has 1 aromatic heterocycles. The van der Waals surface area contributed by atoms with E-state index in [0.717, 1.165) is 16.6 Å². The minimum Gasteiger partial charge on any atom is -0.462 e. The Labute approximate surface area is 94.4 Å². The SMILES string of the molecule is CCOC(=O)c1cccc2c(C)c(C)[nH]c12. The number of rotatable bonds is 2. The normalized spacial score (nSPS) is 10.7. The molecule has 0 fully saturated rings. The number of carbonyl (C=O) groups excluding carboxylic acids is 1. The maximum absolute atomic E-state index is 11.7. The Kier molecular flexibility index (Phi) is 2.69. The van der Waals surface area contributed by atoms with Gasteiger partial charge in [-0.1, -0.05) is 12.1 Å². The predicted octanol–water partition coefficient (Wildman–Crippen LogP) is 2.96. The zero-order valence-electron chi connectivity index (χ0n) is 9.76. The monoisotopic (exact) mass is 217 g/mol. The van der Waals surface area contributed by atoms with Gasteiger partial charge in [-0.05, 0) is 32.4 Å². The van der Waals surface area contributed by atoms with Crippen molar-refractivity contribution in [2.24, 2.45) is 0 Å². The Hall–Kier alpha value is -1.77. The fourth-order valence-electron chi connectivity index (χ4n) is 1.86. The van der Waals surface area contributed by atoms with Crippen LogP contribution in [-0.4, -0.2) is 17.6 Å². The van der Waals surface area contributed by atoms with Gasteiger partial charge in [0.25, 0.3) is 0 Å². The molecular weight excluding hydrogens is 202 g/mol. The van der Waals surface area contributed by atoms with Crippen molar-refractivity contribution in [2.45, 2.75) is 20.8 Å². The van der Waals surface area contributed by atoms with Gasteiger partial charge in [0.2, 0.25) is 0 Å². The molecule has 3 nitrogen and oxygen atoms in total. The number of H-pyrrole nitrogens is 1. The summed E-state index contributed by atoms with van der Waals surface area (Å²) in [5, 5.41) is 1.09. The molecule has 1 aromatic carbocycles. The number of ether oxygens (including phenoxy) is 1. The van der Waals surface area contributed by atoms with E-state index in [4.69, 9.17) is 4.74 Å². The predicted molar refractivity (Wildman–Crippen MR) is 63.7 cm³/mol. The van der Waals surface area contributed by atoms with Crippen molar-refractivity contribution in [2.75, 3.05) is 6.61 Å². The average molecular weight is 217 g/mol. The molecule has 0 aliphatic rings. The third kappa shape index (κ3) is 1.58. The smallest absolute Gasteiger partial charge is 0.340 e. The number of aromatic nitrogens is 1. The molecule has 0 radical (unpaired) electrons. The summed E-state index contributed by atoms with van der Waals surface area (Å²) in [6.07, 6.45) is 0. The number of fused-ring (bicyclic) bond motifs is 1. The molecule has 1 heterocycles. The standard InChI is InChI=1S/C13H15NO2/c1-4-16-13(15)11-7-5-6-10-8(2)9(3)14-12(10)11/h5-7,14H,4H2,1-3H3. The molecular formula is C13H15NO2. The molecule has 0 aliphatic heterocycles. The lowest BCUT2D eigenvalue weighted by Crippen LogP contribution is -2.05. The topological polar surface area (TPSA) is 42.1 Å². The summed E-state index contributed by atoms with van der Waals surface area (Å²) in [7, 11) is 0. The van der Waals surface area contributed by atoms with Gasteiger partial charge in [-0.2, -0.15) is 0 Å². The maximum Gasteiger partial charge on any atom is 0.340 e. The van der Waals surface area contributed by atoms with E-state index in [1.165, 1.54) is 5.56 Å². The van der Waals surface area contributed by atoms with Gasteiger partial charge in [0.1, 0.15) is 0 Å². The van der Waals surface area contributed by atoms with E-state index in [2.05, 4.69) is 4.98 Å². The Morgan fingerprint density at radius 1 is 1.38 bits per heavy atom. The summed E-state index contributed by atoms with van der Waals surface area (Å²) >= 11 is 0. The van der Waals surface area contributed by atoms with Crippen LogP contribution in [0.5, 0.6) is 0 Å². The van der Waals surface area contributed by atoms with Crippen LogP contribution in [0.4, 0.5) is 0 Å². The molecule has 0 saturated heterocycles. The van der Waals surface area contributed by atoms with Crippen LogP contribution in [0, 0.1) is 13.8 Å². The van der Waals surface area contributed by atoms with Crippen molar-refractivity contribution >= 4 is 16.9 Å². The zero-order valence-corrected chi connectivity index (χ0v) is 9.76. The van der Waals surface area contributed by atoms with Gasteiger partial charge < -0.3 is 9.72 Å². The molecule has 0 unspecified atom stereocenters. The Morgan fingerprint density at radius 3 is 2.81 bits per heavy atom. The number of hydrogen-bond acceptors (Lipinski definition) is 2. The lowest BCUT2D eigenvalue weighted by molar-refractivity contribution is 0.0528. The Balaban J connectivity index is 2.62. The fraction of sp³-hybridized carbons (Fsp3) is 0.308. The molecule has 0 spiro atoms. The summed E-state index contributed by atoms with van der Waals surface area (Å²) in [6.45, 7) is 6.25. The second kappa shape index (κ2) is 4.00. The maximum atomic E-state index is 11.7. The molecule has 3 heteroatoms. The first-order chi connectivity index (χ1) is 7.65. The van der Waals surface area contributed by atoms with Gasteiger partial charge in [-0.25, -0.2) is 4.79 Å². The van der Waals surface area contributed by atoms with Gasteiger partial charge in [0, 0.05) is 11.1 Å². The highest BCUT2D eigenvalue weighted by Crippen LogP contribution is 2.24. The molecule has 16 heavy (non-hydrogen) atoms. The van der Waals surface area contributed by atoms with Crippen LogP contribution in [0.1, 0.15) is 28.5 Å². The van der Waals surface area contributed by atoms with E-state index in [9.17, 15) is 4.79 Å². The second-order valence-electron chi connectivity index (χ2n) is 3.82. The second-order valence-corrected chi connectivity index (χ2v) is 3.82. The first-order valence-corrected chi connectivity index (χ1v) is 5.40. The van der Waals surface area contributed by atoms with Gasteiger partial charge in [0.15, 0.2) is 0 Å². The molecule has 0 atom stereocenters. The molecule has 2 aromatic rings. The van der Waals surface area contributed by atoms with Crippen molar-refractivity contribution in [1.29, 1.82) is 0 Å². The van der Waals surface area contributed by atoms with Crippen molar-refractivity contribution in [3.8, 4) is 0 Å². The molecule has 1 N–H and O–H groups in total. The molecule has 2 rings (SSSR count). The highest BCUT2D eigenvalue weighted by atomic mass is 16.5. The highest BCUT2D eigenvalue weighted by molar-refractivity contribution is 6.04. The minimum absolute atomic E-state index is 0.269. The van der Waals surface area contributed by atoms with Crippen LogP contribution in [0.15, 0.2) is 18.2 Å². The minimum atomic E-state index is -0.269. The first-order valence-electron chi connectivity index (χ1n) is 5.40. The van der Waals surface area contributed by atoms with E-state index >= 15 is 0 Å². The van der Waals surface area contributed by atoms with Crippen LogP contribution in [0.25, 0.3) is 10.9 Å². The Bertz CT molecular complexity index is 540. The van der Waals surface area contributed by atoms with Crippen molar-refractivity contribution in [1.82, 2.24) is 4.98 Å². The lowest BCUT2D eigenvalue weighted by atomic mass is 10.1. The summed E-state index contributed by atoms with van der Waals surface area (Å²) in [5.41, 5.74) is 3.75. The first kappa shape index (κ1) is 10.7. The number of hydrogen-bond donors (Lipinski definition) is 1. The highest BCUT2D eigenvalue weighted by Gasteiger charge is 2.14. The van der Waals surface area contributed by atoms with Gasteiger partial charge in [-0.3, -0.25) is 0 Å². The summed E-state index contributed by atoms with van der Waals surface area (Å²) in [5.74, 6) is -0.269. The van der Waals surface area contributed by atoms with Gasteiger partial charge in [-0.15, -0.1) is 0 Å². The zero-order chi connectivity index (χ0) is 11.7. The van der Waals surface area contributed by atoms with Crippen molar-refractivity contribution < 1.29 is 9.53 Å². The van der Waals surface area contributed by atoms with Crippen molar-refractivity contribution in [3.63, 3.8) is 0 Å². The van der Waals surface area contributed by atoms with Crippen molar-refractivity contribution in [3.05, 3.63) is 35.0 Å². The van der Waals surface area contributed by atoms with Crippen LogP contribution in [0.2, 0.25) is 0 Å². The lowest BCUT2D eigenvalue weighted by Gasteiger charge is -2.02. The van der Waals surface area contributed by atoms with E-state index in [-0.39, 0.29) is 5.97 Å². The summed E-state index contributed by atoms with van der Waals surface area (Å²) < 4.78 is 5.03. The van der Waals surface area contributed by atoms with Crippen LogP contribution in [-0.2, 0) is 4.74 Å². The van der Waals surface area contributed by atoms with Gasteiger partial charge in [0.05, 0.1) is 17.7 Å². The van der Waals surface area contributed by atoms with E-state index in [0.29, 0.717) is 12.2 Å². The summed E-state index contributed by atoms with van der Waals surface area (Å²) in [6, 6.07) is 5.68. The molecule has 0 amide bonds. The molecule has 0 saturated carbocycles. The summed E-state index contributed by atoms with van der Waals surface area (Å²) in [4.78, 5) is 15.0. The number of esters is 1. The van der Waals surface area contributed by atoms with Crippen LogP contribution >= 0.6 is 0 Å². The average Bonchev–Trinajstić information content (AvgIpc) is 2.55.